The van der Waals surface area contributed by atoms with E-state index < -0.39 is 36.0 Å². The first-order valence-corrected chi connectivity index (χ1v) is 28.2. The van der Waals surface area contributed by atoms with Gasteiger partial charge in [0.1, 0.15) is 35.4 Å². The van der Waals surface area contributed by atoms with Gasteiger partial charge in [0.05, 0.1) is 0 Å². The Kier molecular flexibility index (Phi) is 11.9. The van der Waals surface area contributed by atoms with E-state index in [9.17, 15) is 45.0 Å². The van der Waals surface area contributed by atoms with E-state index in [-0.39, 0.29) is 17.2 Å². The van der Waals surface area contributed by atoms with Crippen molar-refractivity contribution in [2.75, 3.05) is 19.6 Å². The molecule has 18 atom stereocenters. The SMILES string of the molecule is CCC1CC2CC3c4[nH]c5ccc(O)cc5c4CC(C(=O)O)N(C2)C13.CCC1CC2CC3c4[nH]c5ccc(O)cc5c4C[C@@H](C(=O)O)N(C2)C13.CCC1CC2CC3c4[nH]c5ccc(O)cc5c4C[C@H](C(=O)O)N(C2)C13. The number of rotatable bonds is 6. The number of benzene rings is 3. The summed E-state index contributed by atoms with van der Waals surface area (Å²) in [5.41, 5.74) is 10.0. The lowest BCUT2D eigenvalue weighted by Crippen LogP contribution is -2.60. The van der Waals surface area contributed by atoms with Gasteiger partial charge < -0.3 is 45.6 Å². The molecule has 0 spiro atoms. The largest absolute Gasteiger partial charge is 0.508 e. The van der Waals surface area contributed by atoms with E-state index in [1.165, 1.54) is 36.3 Å². The van der Waals surface area contributed by atoms with Crippen LogP contribution in [0.3, 0.4) is 0 Å². The number of nitrogens with zero attached hydrogens (tertiary/aromatic N) is 3. The van der Waals surface area contributed by atoms with Gasteiger partial charge in [0.2, 0.25) is 0 Å². The number of aromatic nitrogens is 3. The van der Waals surface area contributed by atoms with Gasteiger partial charge in [0, 0.05) is 125 Å². The zero-order valence-electron chi connectivity index (χ0n) is 43.2. The predicted octanol–water partition coefficient (Wildman–Crippen LogP) is 9.26. The number of carbonyl (C=O) groups is 3. The third-order valence-corrected chi connectivity index (χ3v) is 20.6. The van der Waals surface area contributed by atoms with Crippen LogP contribution in [-0.2, 0) is 33.6 Å². The van der Waals surface area contributed by atoms with Crippen molar-refractivity contribution in [2.45, 2.75) is 152 Å². The second kappa shape index (κ2) is 18.3. The summed E-state index contributed by atoms with van der Waals surface area (Å²) in [6, 6.07) is 15.7. The monoisotopic (exact) mass is 1020 g/mol. The standard InChI is InChI=1S/3C20H24N2O3/c3*1-2-11-5-10-6-15-18-14(13-7-12(23)3-4-16(13)21-18)8-17(20(24)25)22(9-10)19(11)15/h3*3-4,7,10-11,15,17,19,21,23H,2,5-6,8-9H2,1H3,(H,24,25)/t2*10?,11?,15?,17-,19?;/m10./s1. The van der Waals surface area contributed by atoms with Gasteiger partial charge in [-0.2, -0.15) is 0 Å². The molecule has 16 unspecified atom stereocenters. The predicted molar refractivity (Wildman–Crippen MR) is 284 cm³/mol. The van der Waals surface area contributed by atoms with Crippen LogP contribution in [0.5, 0.6) is 17.2 Å². The summed E-state index contributed by atoms with van der Waals surface area (Å²) in [5, 5.41) is 62.6. The number of hydrogen-bond acceptors (Lipinski definition) is 9. The highest BCUT2D eigenvalue weighted by atomic mass is 16.4. The number of fused-ring (bicyclic) bond motifs is 12. The van der Waals surface area contributed by atoms with Crippen molar-refractivity contribution >= 4 is 50.6 Å². The molecule has 15 nitrogen and oxygen atoms in total. The number of carboxylic acids is 3. The number of phenolic OH excluding ortho intramolecular Hbond substituents is 3. The number of nitrogens with one attached hydrogen (secondary N) is 3. The van der Waals surface area contributed by atoms with Crippen molar-refractivity contribution in [3.05, 3.63) is 88.4 Å². The third-order valence-electron chi connectivity index (χ3n) is 20.6. The number of phenols is 3. The second-order valence-electron chi connectivity index (χ2n) is 24.3. The molecule has 12 aliphatic rings. The number of hydrogen-bond donors (Lipinski definition) is 9. The molecule has 3 saturated carbocycles. The molecular weight excluding hydrogens is 949 g/mol. The van der Waals surface area contributed by atoms with Gasteiger partial charge in [-0.3, -0.25) is 29.1 Å². The number of piperidine rings is 6. The van der Waals surface area contributed by atoms with Crippen LogP contribution in [0.2, 0.25) is 0 Å². The normalized spacial score (nSPS) is 36.2. The number of aromatic amines is 3. The van der Waals surface area contributed by atoms with E-state index in [0.29, 0.717) is 90.6 Å². The molecule has 75 heavy (non-hydrogen) atoms. The fraction of sp³-hybridized carbons (Fsp3) is 0.550. The summed E-state index contributed by atoms with van der Waals surface area (Å²) in [4.78, 5) is 54.0. The fourth-order valence-electron chi connectivity index (χ4n) is 17.8. The molecule has 3 aromatic carbocycles. The Bertz CT molecular complexity index is 2910. The average Bonchev–Trinajstić information content (AvgIpc) is 4.04. The van der Waals surface area contributed by atoms with Crippen molar-refractivity contribution in [3.8, 4) is 17.2 Å². The summed E-state index contributed by atoms with van der Waals surface area (Å²) in [7, 11) is 0. The molecule has 15 heteroatoms. The third kappa shape index (κ3) is 7.78. The van der Waals surface area contributed by atoms with Crippen LogP contribution >= 0.6 is 0 Å². The molecule has 0 amide bonds. The summed E-state index contributed by atoms with van der Waals surface area (Å²) >= 11 is 0. The fourth-order valence-corrected chi connectivity index (χ4v) is 17.8. The summed E-state index contributed by atoms with van der Waals surface area (Å²) < 4.78 is 0. The lowest BCUT2D eigenvalue weighted by Gasteiger charge is -2.54. The van der Waals surface area contributed by atoms with Gasteiger partial charge in [0.25, 0.3) is 0 Å². The maximum atomic E-state index is 12.1. The topological polar surface area (TPSA) is 230 Å². The highest BCUT2D eigenvalue weighted by molar-refractivity contribution is 5.90. The van der Waals surface area contributed by atoms with E-state index in [4.69, 9.17) is 0 Å². The van der Waals surface area contributed by atoms with Crippen LogP contribution in [0, 0.1) is 35.5 Å². The van der Waals surface area contributed by atoms with Gasteiger partial charge >= 0.3 is 17.9 Å². The first-order chi connectivity index (χ1) is 36.2. The maximum absolute atomic E-state index is 12.1. The highest BCUT2D eigenvalue weighted by Crippen LogP contribution is 2.56. The molecule has 6 aromatic rings. The van der Waals surface area contributed by atoms with Crippen molar-refractivity contribution < 1.29 is 45.0 Å². The molecule has 396 valence electrons. The number of aromatic hydroxyl groups is 3. The van der Waals surface area contributed by atoms with Crippen LogP contribution in [-0.4, -0.2) is 134 Å². The van der Waals surface area contributed by atoms with Crippen LogP contribution in [0.4, 0.5) is 0 Å². The minimum absolute atomic E-state index is 0.238. The molecule has 9 N–H and O–H groups in total. The molecule has 9 aliphatic heterocycles. The van der Waals surface area contributed by atoms with Crippen molar-refractivity contribution in [1.29, 1.82) is 0 Å². The summed E-state index contributed by atoms with van der Waals surface area (Å²) in [5.74, 6) is 3.19. The lowest BCUT2D eigenvalue weighted by molar-refractivity contribution is -0.149. The van der Waals surface area contributed by atoms with Gasteiger partial charge in [-0.15, -0.1) is 0 Å². The van der Waals surface area contributed by atoms with Gasteiger partial charge in [-0.25, -0.2) is 0 Å². The number of carboxylic acid groups (broad SMARTS) is 3. The Hall–Kier alpha value is -6.03. The Morgan fingerprint density at radius 2 is 0.733 bits per heavy atom. The molecule has 9 fully saturated rings. The second-order valence-corrected chi connectivity index (χ2v) is 24.3. The van der Waals surface area contributed by atoms with E-state index >= 15 is 0 Å². The average molecular weight is 1020 g/mol. The maximum Gasteiger partial charge on any atom is 0.321 e. The summed E-state index contributed by atoms with van der Waals surface area (Å²) in [6.07, 6.45) is 12.0. The minimum Gasteiger partial charge on any atom is -0.508 e. The number of H-pyrrole nitrogens is 3. The summed E-state index contributed by atoms with van der Waals surface area (Å²) in [6.45, 7) is 9.46. The Labute approximate surface area is 436 Å². The molecular formula is C60H72N6O9. The molecule has 6 saturated heterocycles. The molecule has 3 aliphatic carbocycles. The van der Waals surface area contributed by atoms with Crippen molar-refractivity contribution in [3.63, 3.8) is 0 Å². The molecule has 18 rings (SSSR count). The molecule has 3 aromatic heterocycles. The quantitative estimate of drug-likeness (QED) is 0.0761. The number of aliphatic carboxylic acids is 3. The Morgan fingerprint density at radius 1 is 0.453 bits per heavy atom. The van der Waals surface area contributed by atoms with E-state index in [1.54, 1.807) is 36.4 Å². The zero-order valence-corrected chi connectivity index (χ0v) is 43.2. The smallest absolute Gasteiger partial charge is 0.321 e. The minimum atomic E-state index is -0.719. The van der Waals surface area contributed by atoms with Gasteiger partial charge in [-0.1, -0.05) is 40.0 Å². The molecule has 12 heterocycles. The van der Waals surface area contributed by atoms with E-state index in [0.717, 1.165) is 108 Å². The van der Waals surface area contributed by atoms with Crippen LogP contribution in [0.15, 0.2) is 54.6 Å². The van der Waals surface area contributed by atoms with E-state index in [2.05, 4.69) is 50.4 Å². The lowest BCUT2D eigenvalue weighted by atomic mass is 9.65. The molecule has 12 bridgehead atoms. The Morgan fingerprint density at radius 3 is 0.987 bits per heavy atom. The van der Waals surface area contributed by atoms with E-state index in [1.807, 2.05) is 18.2 Å². The van der Waals surface area contributed by atoms with Crippen LogP contribution in [0.25, 0.3) is 32.7 Å². The zero-order chi connectivity index (χ0) is 51.9. The van der Waals surface area contributed by atoms with Crippen LogP contribution < -0.4 is 0 Å². The van der Waals surface area contributed by atoms with Gasteiger partial charge in [0.15, 0.2) is 0 Å². The van der Waals surface area contributed by atoms with Gasteiger partial charge in [-0.05, 0) is 145 Å². The molecule has 0 radical (unpaired) electrons. The van der Waals surface area contributed by atoms with Crippen LogP contribution in [0.1, 0.15) is 130 Å². The highest BCUT2D eigenvalue weighted by Gasteiger charge is 2.56. The van der Waals surface area contributed by atoms with Crippen molar-refractivity contribution in [1.82, 2.24) is 29.7 Å². The van der Waals surface area contributed by atoms with Crippen molar-refractivity contribution in [2.24, 2.45) is 35.5 Å². The Balaban J connectivity index is 0.000000108. The first kappa shape index (κ1) is 48.6. The first-order valence-electron chi connectivity index (χ1n) is 28.2.